The third kappa shape index (κ3) is 4.31. The van der Waals surface area contributed by atoms with Crippen LogP contribution in [0.1, 0.15) is 0 Å². The number of para-hydroxylation sites is 2. The predicted molar refractivity (Wildman–Crippen MR) is 204 cm³/mol. The van der Waals surface area contributed by atoms with Crippen LogP contribution in [0.5, 0.6) is 0 Å². The number of rotatable bonds is 5. The van der Waals surface area contributed by atoms with E-state index in [0.717, 1.165) is 21.0 Å². The van der Waals surface area contributed by atoms with Gasteiger partial charge in [-0.2, -0.15) is 0 Å². The molecule has 1 unspecified atom stereocenters. The summed E-state index contributed by atoms with van der Waals surface area (Å²) in [5, 5.41) is 28.8. The lowest BCUT2D eigenvalue weighted by Crippen LogP contribution is -2.77. The van der Waals surface area contributed by atoms with E-state index in [1.54, 1.807) is 11.8 Å². The molecule has 2 N–H and O–H groups in total. The van der Waals surface area contributed by atoms with Crippen molar-refractivity contribution in [2.45, 2.75) is 9.79 Å². The van der Waals surface area contributed by atoms with E-state index in [1.807, 2.05) is 12.1 Å². The van der Waals surface area contributed by atoms with Gasteiger partial charge in [0.15, 0.2) is 8.07 Å². The van der Waals surface area contributed by atoms with Crippen molar-refractivity contribution in [2.24, 2.45) is 0 Å². The summed E-state index contributed by atoms with van der Waals surface area (Å²) >= 11 is 1.65. The van der Waals surface area contributed by atoms with Crippen molar-refractivity contribution in [3.05, 3.63) is 170 Å². The summed E-state index contributed by atoms with van der Waals surface area (Å²) in [6.45, 7) is 0. The molecule has 1 aromatic heterocycles. The van der Waals surface area contributed by atoms with Crippen molar-refractivity contribution < 1.29 is 10.0 Å². The average Bonchev–Trinajstić information content (AvgIpc) is 3.48. The Kier molecular flexibility index (Phi) is 6.99. The number of hydrogen-bond acceptors (Lipinski definition) is 3. The van der Waals surface area contributed by atoms with Gasteiger partial charge in [0.1, 0.15) is 0 Å². The molecule has 9 rings (SSSR count). The smallest absolute Gasteiger partial charge is 0.423 e. The highest BCUT2D eigenvalue weighted by atomic mass is 32.2. The predicted octanol–water partition coefficient (Wildman–Crippen LogP) is 5.97. The van der Waals surface area contributed by atoms with Crippen LogP contribution >= 0.6 is 11.8 Å². The number of aromatic nitrogens is 1. The average molecular weight is 652 g/mol. The lowest BCUT2D eigenvalue weighted by atomic mass is 9.80. The van der Waals surface area contributed by atoms with Crippen molar-refractivity contribution in [2.75, 3.05) is 0 Å². The minimum atomic E-state index is -3.12. The summed E-state index contributed by atoms with van der Waals surface area (Å²) < 4.78 is 2.39. The zero-order chi connectivity index (χ0) is 32.2. The highest BCUT2D eigenvalue weighted by Crippen LogP contribution is 2.35. The Morgan fingerprint density at radius 2 is 1.12 bits per heavy atom. The van der Waals surface area contributed by atoms with Gasteiger partial charge < -0.3 is 14.6 Å². The molecule has 0 radical (unpaired) electrons. The van der Waals surface area contributed by atoms with E-state index in [9.17, 15) is 10.0 Å². The van der Waals surface area contributed by atoms with E-state index in [1.165, 1.54) is 48.1 Å². The van der Waals surface area contributed by atoms with Gasteiger partial charge in [0.05, 0.1) is 11.0 Å². The number of fused-ring (bicyclic) bond motifs is 5. The third-order valence-corrected chi connectivity index (χ3v) is 16.3. The molecule has 0 aliphatic carbocycles. The molecule has 1 atom stereocenters. The second-order valence-corrected chi connectivity index (χ2v) is 17.0. The minimum Gasteiger partial charge on any atom is -0.423 e. The molecule has 7 aromatic carbocycles. The molecule has 0 spiro atoms. The van der Waals surface area contributed by atoms with E-state index >= 15 is 0 Å². The van der Waals surface area contributed by atoms with Crippen LogP contribution in [0.15, 0.2) is 180 Å². The molecule has 3 nitrogen and oxygen atoms in total. The lowest BCUT2D eigenvalue weighted by Gasteiger charge is -2.41. The fourth-order valence-electron chi connectivity index (χ4n) is 7.80. The second kappa shape index (κ2) is 11.5. The molecule has 0 amide bonds. The normalized spacial score (nSPS) is 15.3. The summed E-state index contributed by atoms with van der Waals surface area (Å²) in [6, 6.07) is 60.6. The quantitative estimate of drug-likeness (QED) is 0.226. The van der Waals surface area contributed by atoms with Crippen molar-refractivity contribution in [3.63, 3.8) is 0 Å². The molecule has 8 aromatic rings. The second-order valence-electron chi connectivity index (χ2n) is 12.3. The Balaban J connectivity index is 1.43. The molecule has 6 heteroatoms. The summed E-state index contributed by atoms with van der Waals surface area (Å²) in [5.41, 5.74) is 6.33. The van der Waals surface area contributed by atoms with E-state index in [0.29, 0.717) is 5.46 Å². The van der Waals surface area contributed by atoms with Gasteiger partial charge in [0.2, 0.25) is 0 Å². The first-order valence-corrected chi connectivity index (χ1v) is 19.0. The van der Waals surface area contributed by atoms with Crippen molar-refractivity contribution in [1.29, 1.82) is 0 Å². The molecule has 48 heavy (non-hydrogen) atoms. The van der Waals surface area contributed by atoms with E-state index < -0.39 is 15.2 Å². The Morgan fingerprint density at radius 1 is 0.521 bits per heavy atom. The molecule has 2 heterocycles. The minimum absolute atomic E-state index is 0.541. The Labute approximate surface area is 284 Å². The van der Waals surface area contributed by atoms with Crippen LogP contribution in [0.3, 0.4) is 0 Å². The number of benzene rings is 7. The van der Waals surface area contributed by atoms with Gasteiger partial charge in [-0.05, 0) is 67.7 Å². The maximum Gasteiger partial charge on any atom is 0.489 e. The van der Waals surface area contributed by atoms with Crippen LogP contribution in [-0.2, 0) is 0 Å². The van der Waals surface area contributed by atoms with Crippen LogP contribution in [0.25, 0.3) is 38.6 Å². The first-order chi connectivity index (χ1) is 23.7. The SMILES string of the molecule is OB(O)c1cccc2c1Sc1ccccc1[Si]2(c1cccc(-n2c3ccccc3c3ccccc32)c1)c1ccccc1-c1ccccc1. The topological polar surface area (TPSA) is 45.4 Å². The number of nitrogens with zero attached hydrogens (tertiary/aromatic N) is 1. The summed E-state index contributed by atoms with van der Waals surface area (Å²) in [4.78, 5) is 2.08. The maximum atomic E-state index is 10.7. The van der Waals surface area contributed by atoms with E-state index in [2.05, 4.69) is 162 Å². The molecule has 228 valence electrons. The van der Waals surface area contributed by atoms with Gasteiger partial charge in [0.25, 0.3) is 0 Å². The fourth-order valence-corrected chi connectivity index (χ4v) is 15.2. The van der Waals surface area contributed by atoms with Gasteiger partial charge in [-0.1, -0.05) is 151 Å². The molecule has 0 bridgehead atoms. The van der Waals surface area contributed by atoms with Crippen LogP contribution in [-0.4, -0.2) is 29.8 Å². The van der Waals surface area contributed by atoms with Crippen LogP contribution in [0.4, 0.5) is 0 Å². The van der Waals surface area contributed by atoms with Gasteiger partial charge in [-0.15, -0.1) is 0 Å². The zero-order valence-corrected chi connectivity index (χ0v) is 27.8. The summed E-state index contributed by atoms with van der Waals surface area (Å²) in [7, 11) is -4.70. The van der Waals surface area contributed by atoms with Crippen molar-refractivity contribution >= 4 is 75.0 Å². The van der Waals surface area contributed by atoms with Gasteiger partial charge >= 0.3 is 7.12 Å². The molecule has 0 saturated carbocycles. The van der Waals surface area contributed by atoms with Crippen LogP contribution in [0, 0.1) is 0 Å². The first kappa shape index (κ1) is 29.1. The van der Waals surface area contributed by atoms with Crippen LogP contribution in [0.2, 0.25) is 0 Å². The monoisotopic (exact) mass is 651 g/mol. The standard InChI is InChI=1S/C42H30BNO2SSi/c45-43(46)35-21-13-27-41-42(35)47-38-24-9-11-26-40(38)48(41,39-25-10-6-18-32(39)29-14-2-1-3-15-29)31-17-12-16-30(28-31)44-36-22-7-4-19-33(36)34-20-5-8-23-37(34)44/h1-28,45-46H. The maximum absolute atomic E-state index is 10.7. The Morgan fingerprint density at radius 3 is 1.88 bits per heavy atom. The summed E-state index contributed by atoms with van der Waals surface area (Å²) in [5.74, 6) is 0. The molecular weight excluding hydrogens is 621 g/mol. The lowest BCUT2D eigenvalue weighted by molar-refractivity contribution is 0.425. The highest BCUT2D eigenvalue weighted by Gasteiger charge is 2.49. The van der Waals surface area contributed by atoms with Gasteiger partial charge in [-0.25, -0.2) is 0 Å². The highest BCUT2D eigenvalue weighted by molar-refractivity contribution is 8.00. The van der Waals surface area contributed by atoms with Gasteiger partial charge in [-0.3, -0.25) is 0 Å². The molecule has 1 aliphatic heterocycles. The Bertz CT molecular complexity index is 2440. The largest absolute Gasteiger partial charge is 0.489 e. The van der Waals surface area contributed by atoms with Crippen molar-refractivity contribution in [3.8, 4) is 16.8 Å². The number of hydrogen-bond donors (Lipinski definition) is 2. The van der Waals surface area contributed by atoms with Crippen LogP contribution < -0.4 is 26.2 Å². The van der Waals surface area contributed by atoms with E-state index in [4.69, 9.17) is 0 Å². The first-order valence-electron chi connectivity index (χ1n) is 16.2. The van der Waals surface area contributed by atoms with E-state index in [-0.39, 0.29) is 0 Å². The van der Waals surface area contributed by atoms with Crippen molar-refractivity contribution in [1.82, 2.24) is 4.57 Å². The fraction of sp³-hybridized carbons (Fsp3) is 0. The molecule has 1 aliphatic rings. The molecular formula is C42H30BNO2SSi. The zero-order valence-electron chi connectivity index (χ0n) is 26.0. The Hall–Kier alpha value is -5.11. The molecule has 0 saturated heterocycles. The molecule has 0 fully saturated rings. The third-order valence-electron chi connectivity index (χ3n) is 9.76. The summed E-state index contributed by atoms with van der Waals surface area (Å²) in [6.07, 6.45) is 0. The van der Waals surface area contributed by atoms with Gasteiger partial charge in [0, 0.05) is 26.3 Å².